The Morgan fingerprint density at radius 1 is 1.30 bits per heavy atom. The van der Waals surface area contributed by atoms with E-state index in [0.717, 1.165) is 5.69 Å². The highest BCUT2D eigenvalue weighted by Gasteiger charge is 2.21. The van der Waals surface area contributed by atoms with E-state index in [-0.39, 0.29) is 0 Å². The van der Waals surface area contributed by atoms with Crippen molar-refractivity contribution < 1.29 is 0 Å². The van der Waals surface area contributed by atoms with Gasteiger partial charge in [-0.1, -0.05) is 47.8 Å². The molecule has 0 amide bonds. The fourth-order valence-corrected chi connectivity index (χ4v) is 1.16. The summed E-state index contributed by atoms with van der Waals surface area (Å²) in [6, 6.07) is 1.80. The maximum atomic E-state index is 4.00. The summed E-state index contributed by atoms with van der Waals surface area (Å²) >= 11 is 9.99. The average molecular weight is 331 g/mol. The van der Waals surface area contributed by atoms with Crippen LogP contribution in [0.15, 0.2) is 18.6 Å². The molecule has 0 unspecified atom stereocenters. The van der Waals surface area contributed by atoms with Crippen molar-refractivity contribution in [3.63, 3.8) is 0 Å². The van der Waals surface area contributed by atoms with E-state index in [1.54, 1.807) is 12.3 Å². The molecule has 0 aliphatic rings. The number of halogens is 3. The van der Waals surface area contributed by atoms with Gasteiger partial charge in [0.15, 0.2) is 2.14 Å². The molecule has 5 heteroatoms. The van der Waals surface area contributed by atoms with Crippen LogP contribution < -0.4 is 0 Å². The van der Waals surface area contributed by atoms with Crippen molar-refractivity contribution in [3.8, 4) is 0 Å². The number of nitrogens with zero attached hydrogens (tertiary/aromatic N) is 2. The van der Waals surface area contributed by atoms with Crippen molar-refractivity contribution in [2.24, 2.45) is 0 Å². The molecular weight excluding hydrogens is 328 g/mol. The number of alkyl halides is 3. The molecule has 1 rings (SSSR count). The molecule has 1 aromatic heterocycles. The third-order valence-corrected chi connectivity index (χ3v) is 2.09. The highest BCUT2D eigenvalue weighted by atomic mass is 80.0. The Morgan fingerprint density at radius 2 is 2.00 bits per heavy atom. The van der Waals surface area contributed by atoms with Crippen LogP contribution in [-0.2, 0) is 2.14 Å². The zero-order chi connectivity index (χ0) is 7.61. The van der Waals surface area contributed by atoms with Crippen LogP contribution in [0.25, 0.3) is 0 Å². The highest BCUT2D eigenvalue weighted by molar-refractivity contribution is 9.38. The van der Waals surface area contributed by atoms with Crippen molar-refractivity contribution in [1.82, 2.24) is 9.97 Å². The van der Waals surface area contributed by atoms with E-state index in [2.05, 4.69) is 57.8 Å². The van der Waals surface area contributed by atoms with Crippen molar-refractivity contribution in [3.05, 3.63) is 24.3 Å². The normalized spacial score (nSPS) is 11.5. The number of aromatic nitrogens is 2. The molecule has 1 aromatic rings. The Morgan fingerprint density at radius 3 is 2.30 bits per heavy atom. The van der Waals surface area contributed by atoms with Crippen molar-refractivity contribution in [1.29, 1.82) is 0 Å². The zero-order valence-electron chi connectivity index (χ0n) is 4.76. The first-order valence-electron chi connectivity index (χ1n) is 2.44. The van der Waals surface area contributed by atoms with Crippen LogP contribution in [0.3, 0.4) is 0 Å². The Labute approximate surface area is 83.8 Å². The molecule has 0 N–H and O–H groups in total. The average Bonchev–Trinajstić information content (AvgIpc) is 1.88. The lowest BCUT2D eigenvalue weighted by Crippen LogP contribution is -2.00. The van der Waals surface area contributed by atoms with Gasteiger partial charge in [0.05, 0.1) is 5.69 Å². The van der Waals surface area contributed by atoms with E-state index < -0.39 is 2.14 Å². The Kier molecular flexibility index (Phi) is 2.82. The fourth-order valence-electron chi connectivity index (χ4n) is 0.458. The summed E-state index contributed by atoms with van der Waals surface area (Å²) in [5.74, 6) is 0. The first kappa shape index (κ1) is 8.62. The summed E-state index contributed by atoms with van der Waals surface area (Å²) in [5, 5.41) is 0. The predicted octanol–water partition coefficient (Wildman–Crippen LogP) is 2.77. The van der Waals surface area contributed by atoms with Gasteiger partial charge in [0.2, 0.25) is 0 Å². The van der Waals surface area contributed by atoms with E-state index in [1.807, 2.05) is 0 Å². The van der Waals surface area contributed by atoms with Crippen LogP contribution in [0.1, 0.15) is 5.69 Å². The van der Waals surface area contributed by atoms with E-state index in [4.69, 9.17) is 0 Å². The number of hydrogen-bond donors (Lipinski definition) is 0. The summed E-state index contributed by atoms with van der Waals surface area (Å²) in [5.41, 5.74) is 0.836. The molecule has 0 atom stereocenters. The van der Waals surface area contributed by atoms with Gasteiger partial charge in [-0.3, -0.25) is 0 Å². The second-order valence-electron chi connectivity index (χ2n) is 1.59. The van der Waals surface area contributed by atoms with Crippen LogP contribution in [0.4, 0.5) is 0 Å². The van der Waals surface area contributed by atoms with Crippen LogP contribution in [0.5, 0.6) is 0 Å². The van der Waals surface area contributed by atoms with Crippen LogP contribution in [0.2, 0.25) is 0 Å². The largest absolute Gasteiger partial charge is 0.245 e. The van der Waals surface area contributed by atoms with Gasteiger partial charge in [0.25, 0.3) is 0 Å². The molecule has 0 bridgehead atoms. The standard InChI is InChI=1S/C5H3Br3N2/c6-5(7,8)4-1-2-9-3-10-4/h1-3H. The van der Waals surface area contributed by atoms with Gasteiger partial charge in [-0.15, -0.1) is 0 Å². The second-order valence-corrected chi connectivity index (χ2v) is 8.35. The topological polar surface area (TPSA) is 25.8 Å². The van der Waals surface area contributed by atoms with E-state index >= 15 is 0 Å². The minimum Gasteiger partial charge on any atom is -0.245 e. The van der Waals surface area contributed by atoms with Crippen LogP contribution in [-0.4, -0.2) is 9.97 Å². The Balaban J connectivity index is 2.97. The van der Waals surface area contributed by atoms with Gasteiger partial charge in [0, 0.05) is 6.20 Å². The van der Waals surface area contributed by atoms with Gasteiger partial charge < -0.3 is 0 Å². The molecule has 0 saturated heterocycles. The van der Waals surface area contributed by atoms with E-state index in [1.165, 1.54) is 6.33 Å². The molecule has 0 aliphatic carbocycles. The summed E-state index contributed by atoms with van der Waals surface area (Å²) < 4.78 is -0.421. The zero-order valence-corrected chi connectivity index (χ0v) is 9.52. The summed E-state index contributed by atoms with van der Waals surface area (Å²) in [6.07, 6.45) is 3.18. The molecule has 54 valence electrons. The van der Waals surface area contributed by atoms with E-state index in [9.17, 15) is 0 Å². The smallest absolute Gasteiger partial charge is 0.176 e. The molecule has 0 saturated carbocycles. The predicted molar refractivity (Wildman–Crippen MR) is 50.5 cm³/mol. The minimum absolute atomic E-state index is 0.421. The Bertz CT molecular complexity index is 206. The maximum Gasteiger partial charge on any atom is 0.176 e. The minimum atomic E-state index is -0.421. The quantitative estimate of drug-likeness (QED) is 0.684. The summed E-state index contributed by atoms with van der Waals surface area (Å²) in [4.78, 5) is 7.78. The first-order chi connectivity index (χ1) is 4.61. The molecule has 10 heavy (non-hydrogen) atoms. The molecule has 2 nitrogen and oxygen atoms in total. The first-order valence-corrected chi connectivity index (χ1v) is 4.82. The summed E-state index contributed by atoms with van der Waals surface area (Å²) in [7, 11) is 0. The Hall–Kier alpha value is 0.520. The van der Waals surface area contributed by atoms with Gasteiger partial charge in [-0.25, -0.2) is 9.97 Å². The van der Waals surface area contributed by atoms with Gasteiger partial charge in [0.1, 0.15) is 6.33 Å². The lowest BCUT2D eigenvalue weighted by molar-refractivity contribution is 1.07. The van der Waals surface area contributed by atoms with E-state index in [0.29, 0.717) is 0 Å². The monoisotopic (exact) mass is 328 g/mol. The molecule has 0 aromatic carbocycles. The van der Waals surface area contributed by atoms with Crippen molar-refractivity contribution >= 4 is 47.8 Å². The third-order valence-electron chi connectivity index (χ3n) is 0.872. The molecule has 0 fully saturated rings. The highest BCUT2D eigenvalue weighted by Crippen LogP contribution is 2.42. The second kappa shape index (κ2) is 3.28. The summed E-state index contributed by atoms with van der Waals surface area (Å²) in [6.45, 7) is 0. The molecular formula is C5H3Br3N2. The van der Waals surface area contributed by atoms with Crippen molar-refractivity contribution in [2.75, 3.05) is 0 Å². The van der Waals surface area contributed by atoms with Crippen molar-refractivity contribution in [2.45, 2.75) is 2.14 Å². The molecule has 1 heterocycles. The number of rotatable bonds is 0. The number of hydrogen-bond acceptors (Lipinski definition) is 2. The molecule has 0 aliphatic heterocycles. The van der Waals surface area contributed by atoms with Crippen LogP contribution in [0, 0.1) is 0 Å². The lowest BCUT2D eigenvalue weighted by Gasteiger charge is -2.08. The SMILES string of the molecule is BrC(Br)(Br)c1ccncn1. The van der Waals surface area contributed by atoms with Gasteiger partial charge in [-0.05, 0) is 6.07 Å². The lowest BCUT2D eigenvalue weighted by atomic mass is 10.5. The fraction of sp³-hybridized carbons (Fsp3) is 0.200. The van der Waals surface area contributed by atoms with Gasteiger partial charge in [-0.2, -0.15) is 0 Å². The maximum absolute atomic E-state index is 4.00. The molecule has 0 spiro atoms. The van der Waals surface area contributed by atoms with Gasteiger partial charge >= 0.3 is 0 Å². The third kappa shape index (κ3) is 2.29. The molecule has 0 radical (unpaired) electrons. The van der Waals surface area contributed by atoms with Crippen LogP contribution >= 0.6 is 47.8 Å².